The number of rotatable bonds is 13. The SMILES string of the molecule is C=C(C)COC(CCCCC)CC[Si](OC)(OC)OC. The van der Waals surface area contributed by atoms with Crippen molar-refractivity contribution in [3.63, 3.8) is 0 Å². The zero-order valence-corrected chi connectivity index (χ0v) is 14.9. The van der Waals surface area contributed by atoms with Gasteiger partial charge in [-0.2, -0.15) is 0 Å². The molecule has 0 N–H and O–H groups in total. The molecule has 0 aromatic rings. The molecular weight excluding hydrogens is 272 g/mol. The lowest BCUT2D eigenvalue weighted by Crippen LogP contribution is -2.43. The van der Waals surface area contributed by atoms with Crippen LogP contribution in [-0.4, -0.2) is 42.8 Å². The van der Waals surface area contributed by atoms with Crippen LogP contribution in [0.25, 0.3) is 0 Å². The molecule has 0 aliphatic rings. The summed E-state index contributed by atoms with van der Waals surface area (Å²) in [5.74, 6) is 0. The molecule has 0 rings (SSSR count). The van der Waals surface area contributed by atoms with Gasteiger partial charge in [0, 0.05) is 27.4 Å². The lowest BCUT2D eigenvalue weighted by molar-refractivity contribution is 0.0512. The molecule has 0 amide bonds. The van der Waals surface area contributed by atoms with Crippen LogP contribution in [-0.2, 0) is 18.0 Å². The third kappa shape index (κ3) is 8.17. The molecule has 0 aromatic carbocycles. The largest absolute Gasteiger partial charge is 0.500 e. The summed E-state index contributed by atoms with van der Waals surface area (Å²) in [4.78, 5) is 0. The van der Waals surface area contributed by atoms with Gasteiger partial charge in [0.2, 0.25) is 0 Å². The average Bonchev–Trinajstić information content (AvgIpc) is 2.45. The lowest BCUT2D eigenvalue weighted by Gasteiger charge is -2.26. The van der Waals surface area contributed by atoms with Gasteiger partial charge < -0.3 is 18.0 Å². The van der Waals surface area contributed by atoms with Crippen LogP contribution < -0.4 is 0 Å². The van der Waals surface area contributed by atoms with Gasteiger partial charge >= 0.3 is 8.80 Å². The van der Waals surface area contributed by atoms with Gasteiger partial charge in [-0.1, -0.05) is 38.3 Å². The molecular formula is C15H32O4Si. The van der Waals surface area contributed by atoms with Crippen LogP contribution in [0.3, 0.4) is 0 Å². The molecule has 0 saturated carbocycles. The molecule has 0 spiro atoms. The average molecular weight is 305 g/mol. The number of ether oxygens (including phenoxy) is 1. The number of unbranched alkanes of at least 4 members (excludes halogenated alkanes) is 2. The van der Waals surface area contributed by atoms with Crippen molar-refractivity contribution in [3.8, 4) is 0 Å². The predicted octanol–water partition coefficient (Wildman–Crippen LogP) is 3.80. The summed E-state index contributed by atoms with van der Waals surface area (Å²) in [7, 11) is 2.47. The molecule has 20 heavy (non-hydrogen) atoms. The first-order valence-electron chi connectivity index (χ1n) is 7.45. The Labute approximate surface area is 125 Å². The van der Waals surface area contributed by atoms with Crippen molar-refractivity contribution < 1.29 is 18.0 Å². The summed E-state index contributed by atoms with van der Waals surface area (Å²) in [5.41, 5.74) is 1.05. The van der Waals surface area contributed by atoms with E-state index in [-0.39, 0.29) is 6.10 Å². The summed E-state index contributed by atoms with van der Waals surface area (Å²) in [5, 5.41) is 0. The van der Waals surface area contributed by atoms with E-state index in [9.17, 15) is 0 Å². The van der Waals surface area contributed by atoms with Crippen LogP contribution >= 0.6 is 0 Å². The second-order valence-electron chi connectivity index (χ2n) is 5.22. The van der Waals surface area contributed by atoms with Crippen LogP contribution in [0.15, 0.2) is 12.2 Å². The summed E-state index contributed by atoms with van der Waals surface area (Å²) < 4.78 is 22.3. The van der Waals surface area contributed by atoms with Gasteiger partial charge in [-0.15, -0.1) is 0 Å². The monoisotopic (exact) mass is 304 g/mol. The van der Waals surface area contributed by atoms with E-state index in [4.69, 9.17) is 18.0 Å². The lowest BCUT2D eigenvalue weighted by atomic mass is 10.1. The van der Waals surface area contributed by atoms with Crippen molar-refractivity contribution in [1.29, 1.82) is 0 Å². The van der Waals surface area contributed by atoms with Gasteiger partial charge in [0.05, 0.1) is 12.7 Å². The van der Waals surface area contributed by atoms with Crippen LogP contribution in [0.4, 0.5) is 0 Å². The van der Waals surface area contributed by atoms with Crippen molar-refractivity contribution in [2.75, 3.05) is 27.9 Å². The Kier molecular flexibility index (Phi) is 11.3. The quantitative estimate of drug-likeness (QED) is 0.295. The predicted molar refractivity (Wildman–Crippen MR) is 84.9 cm³/mol. The fourth-order valence-electron chi connectivity index (χ4n) is 2.09. The fourth-order valence-corrected chi connectivity index (χ4v) is 3.87. The Morgan fingerprint density at radius 2 is 1.65 bits per heavy atom. The Bertz CT molecular complexity index is 246. The molecule has 0 heterocycles. The maximum absolute atomic E-state index is 5.94. The summed E-state index contributed by atoms with van der Waals surface area (Å²) >= 11 is 0. The Balaban J connectivity index is 4.34. The van der Waals surface area contributed by atoms with Gasteiger partial charge in [-0.05, 0) is 19.8 Å². The summed E-state index contributed by atoms with van der Waals surface area (Å²) in [6.45, 7) is 8.71. The number of hydrogen-bond acceptors (Lipinski definition) is 4. The molecule has 0 aromatic heterocycles. The Morgan fingerprint density at radius 1 is 1.05 bits per heavy atom. The van der Waals surface area contributed by atoms with E-state index in [1.54, 1.807) is 21.3 Å². The molecule has 0 fully saturated rings. The minimum atomic E-state index is -2.49. The zero-order valence-electron chi connectivity index (χ0n) is 13.9. The minimum Gasteiger partial charge on any atom is -0.377 e. The van der Waals surface area contributed by atoms with Gasteiger partial charge in [0.15, 0.2) is 0 Å². The van der Waals surface area contributed by atoms with Crippen LogP contribution in [0.1, 0.15) is 46.0 Å². The van der Waals surface area contributed by atoms with Crippen molar-refractivity contribution in [3.05, 3.63) is 12.2 Å². The normalized spacial score (nSPS) is 13.4. The second kappa shape index (κ2) is 11.5. The van der Waals surface area contributed by atoms with Crippen LogP contribution in [0.5, 0.6) is 0 Å². The molecule has 0 bridgehead atoms. The highest BCUT2D eigenvalue weighted by Crippen LogP contribution is 2.21. The first-order valence-corrected chi connectivity index (χ1v) is 9.38. The maximum Gasteiger partial charge on any atom is 0.500 e. The fraction of sp³-hybridized carbons (Fsp3) is 0.867. The topological polar surface area (TPSA) is 36.9 Å². The highest BCUT2D eigenvalue weighted by Gasteiger charge is 2.38. The highest BCUT2D eigenvalue weighted by molar-refractivity contribution is 6.60. The van der Waals surface area contributed by atoms with Gasteiger partial charge in [-0.25, -0.2) is 0 Å². The van der Waals surface area contributed by atoms with Crippen molar-refractivity contribution in [2.24, 2.45) is 0 Å². The van der Waals surface area contributed by atoms with E-state index in [1.807, 2.05) is 6.92 Å². The van der Waals surface area contributed by atoms with E-state index in [0.29, 0.717) is 6.61 Å². The molecule has 120 valence electrons. The van der Waals surface area contributed by atoms with Crippen molar-refractivity contribution in [2.45, 2.75) is 58.1 Å². The molecule has 5 heteroatoms. The zero-order chi connectivity index (χ0) is 15.4. The molecule has 0 saturated heterocycles. The third-order valence-corrected chi connectivity index (χ3v) is 6.17. The standard InChI is InChI=1S/C15H32O4Si/c1-7-8-9-10-15(19-13-14(2)3)11-12-20(16-4,17-5)18-6/h15H,2,7-13H2,1,3-6H3. The van der Waals surface area contributed by atoms with Crippen LogP contribution in [0, 0.1) is 0 Å². The Hall–Kier alpha value is -0.203. The minimum absolute atomic E-state index is 0.227. The Morgan fingerprint density at radius 3 is 2.10 bits per heavy atom. The van der Waals surface area contributed by atoms with Crippen molar-refractivity contribution in [1.82, 2.24) is 0 Å². The molecule has 4 nitrogen and oxygen atoms in total. The molecule has 0 aliphatic carbocycles. The molecule has 1 unspecified atom stereocenters. The summed E-state index contributed by atoms with van der Waals surface area (Å²) in [6, 6.07) is 0.781. The molecule has 0 radical (unpaired) electrons. The first kappa shape index (κ1) is 19.8. The van der Waals surface area contributed by atoms with Gasteiger partial charge in [0.1, 0.15) is 0 Å². The first-order chi connectivity index (χ1) is 9.53. The van der Waals surface area contributed by atoms with E-state index < -0.39 is 8.80 Å². The van der Waals surface area contributed by atoms with Crippen molar-refractivity contribution >= 4 is 8.80 Å². The van der Waals surface area contributed by atoms with E-state index in [0.717, 1.165) is 24.5 Å². The smallest absolute Gasteiger partial charge is 0.377 e. The van der Waals surface area contributed by atoms with E-state index in [2.05, 4.69) is 13.5 Å². The second-order valence-corrected chi connectivity index (χ2v) is 8.31. The van der Waals surface area contributed by atoms with Gasteiger partial charge in [-0.3, -0.25) is 0 Å². The van der Waals surface area contributed by atoms with E-state index >= 15 is 0 Å². The maximum atomic E-state index is 5.94. The number of hydrogen-bond donors (Lipinski definition) is 0. The molecule has 0 aliphatic heterocycles. The van der Waals surface area contributed by atoms with E-state index in [1.165, 1.54) is 19.3 Å². The highest BCUT2D eigenvalue weighted by atomic mass is 28.4. The molecule has 1 atom stereocenters. The van der Waals surface area contributed by atoms with Crippen LogP contribution in [0.2, 0.25) is 6.04 Å². The van der Waals surface area contributed by atoms with Gasteiger partial charge in [0.25, 0.3) is 0 Å². The third-order valence-electron chi connectivity index (χ3n) is 3.40. The summed E-state index contributed by atoms with van der Waals surface area (Å²) in [6.07, 6.45) is 5.86.